The summed E-state index contributed by atoms with van der Waals surface area (Å²) < 4.78 is 27.9. The molecular formula is C16H19N3O4S. The highest BCUT2D eigenvalue weighted by Crippen LogP contribution is 2.24. The van der Waals surface area contributed by atoms with Gasteiger partial charge in [-0.1, -0.05) is 18.2 Å². The predicted octanol–water partition coefficient (Wildman–Crippen LogP) is 1.78. The molecule has 0 aromatic heterocycles. The molecule has 2 aromatic carbocycles. The highest BCUT2D eigenvalue weighted by atomic mass is 32.2. The van der Waals surface area contributed by atoms with Crippen LogP contribution in [-0.2, 0) is 14.8 Å². The van der Waals surface area contributed by atoms with Crippen molar-refractivity contribution in [2.45, 2.75) is 17.9 Å². The maximum Gasteiger partial charge on any atom is 0.246 e. The van der Waals surface area contributed by atoms with Gasteiger partial charge in [-0.25, -0.2) is 13.6 Å². The molecule has 7 nitrogen and oxygen atoms in total. The van der Waals surface area contributed by atoms with E-state index in [0.29, 0.717) is 17.1 Å². The molecule has 4 N–H and O–H groups in total. The van der Waals surface area contributed by atoms with Crippen LogP contribution in [0.15, 0.2) is 53.4 Å². The first-order valence-corrected chi connectivity index (χ1v) is 8.69. The number of ether oxygens (including phenoxy) is 1. The Labute approximate surface area is 140 Å². The van der Waals surface area contributed by atoms with Crippen LogP contribution in [0.1, 0.15) is 6.92 Å². The number of sulfonamides is 1. The van der Waals surface area contributed by atoms with E-state index >= 15 is 0 Å². The molecule has 0 spiro atoms. The van der Waals surface area contributed by atoms with Gasteiger partial charge < -0.3 is 15.4 Å². The summed E-state index contributed by atoms with van der Waals surface area (Å²) in [5.41, 5.74) is 1.03. The Bertz CT molecular complexity index is 837. The number of carbonyl (C=O) groups excluding carboxylic acids is 1. The third-order valence-electron chi connectivity index (χ3n) is 3.30. The lowest BCUT2D eigenvalue weighted by Crippen LogP contribution is -2.32. The number of rotatable bonds is 6. The number of benzene rings is 2. The Morgan fingerprint density at radius 2 is 1.88 bits per heavy atom. The van der Waals surface area contributed by atoms with Gasteiger partial charge in [0.1, 0.15) is 11.8 Å². The first kappa shape index (κ1) is 17.8. The van der Waals surface area contributed by atoms with Crippen LogP contribution in [0.25, 0.3) is 0 Å². The van der Waals surface area contributed by atoms with Gasteiger partial charge in [0.15, 0.2) is 0 Å². The Kier molecular flexibility index (Phi) is 5.42. The second-order valence-corrected chi connectivity index (χ2v) is 6.69. The van der Waals surface area contributed by atoms with Crippen molar-refractivity contribution in [1.29, 1.82) is 0 Å². The summed E-state index contributed by atoms with van der Waals surface area (Å²) in [4.78, 5) is 12.2. The van der Waals surface area contributed by atoms with Crippen molar-refractivity contribution in [2.75, 3.05) is 17.7 Å². The quantitative estimate of drug-likeness (QED) is 0.736. The van der Waals surface area contributed by atoms with Gasteiger partial charge in [-0.15, -0.1) is 0 Å². The molecule has 1 atom stereocenters. The van der Waals surface area contributed by atoms with Crippen LogP contribution in [0.2, 0.25) is 0 Å². The van der Waals surface area contributed by atoms with E-state index in [1.807, 2.05) is 12.1 Å². The molecular weight excluding hydrogens is 330 g/mol. The molecule has 2 rings (SSSR count). The number of para-hydroxylation sites is 2. The zero-order valence-electron chi connectivity index (χ0n) is 13.3. The Hall–Kier alpha value is -2.58. The molecule has 128 valence electrons. The number of nitrogens with two attached hydrogens (primary N) is 1. The number of hydrogen-bond acceptors (Lipinski definition) is 5. The maximum absolute atomic E-state index is 12.3. The van der Waals surface area contributed by atoms with Gasteiger partial charge in [0, 0.05) is 5.69 Å². The molecule has 2 aromatic rings. The van der Waals surface area contributed by atoms with Crippen LogP contribution in [0.5, 0.6) is 5.75 Å². The monoisotopic (exact) mass is 349 g/mol. The molecule has 0 heterocycles. The third-order valence-corrected chi connectivity index (χ3v) is 4.21. The van der Waals surface area contributed by atoms with Crippen LogP contribution in [0.3, 0.4) is 0 Å². The van der Waals surface area contributed by atoms with Gasteiger partial charge in [0.25, 0.3) is 0 Å². The molecule has 0 aliphatic rings. The molecule has 0 radical (unpaired) electrons. The van der Waals surface area contributed by atoms with E-state index in [1.54, 1.807) is 32.2 Å². The fourth-order valence-corrected chi connectivity index (χ4v) is 2.62. The van der Waals surface area contributed by atoms with Crippen LogP contribution in [0.4, 0.5) is 11.4 Å². The molecule has 0 saturated heterocycles. The minimum absolute atomic E-state index is 0.0642. The van der Waals surface area contributed by atoms with E-state index in [1.165, 1.54) is 18.2 Å². The number of nitrogens with one attached hydrogen (secondary N) is 2. The molecule has 1 amide bonds. The lowest BCUT2D eigenvalue weighted by atomic mass is 10.2. The van der Waals surface area contributed by atoms with Gasteiger partial charge in [-0.3, -0.25) is 4.79 Å². The van der Waals surface area contributed by atoms with Crippen LogP contribution in [-0.4, -0.2) is 27.5 Å². The summed E-state index contributed by atoms with van der Waals surface area (Å²) in [6.07, 6.45) is 0. The van der Waals surface area contributed by atoms with Crippen molar-refractivity contribution >= 4 is 27.3 Å². The van der Waals surface area contributed by atoms with Crippen LogP contribution in [0, 0.1) is 0 Å². The predicted molar refractivity (Wildman–Crippen MR) is 92.5 cm³/mol. The lowest BCUT2D eigenvalue weighted by molar-refractivity contribution is -0.116. The summed E-state index contributed by atoms with van der Waals surface area (Å²) in [5.74, 6) is 0.292. The highest BCUT2D eigenvalue weighted by Gasteiger charge is 2.16. The molecule has 1 unspecified atom stereocenters. The fraction of sp³-hybridized carbons (Fsp3) is 0.188. The largest absolute Gasteiger partial charge is 0.495 e. The SMILES string of the molecule is COc1ccccc1NC(C)C(=O)Nc1cccc(S(N)(=O)=O)c1. The number of hydrogen-bond donors (Lipinski definition) is 3. The van der Waals surface area contributed by atoms with Crippen molar-refractivity contribution in [3.8, 4) is 5.75 Å². The molecule has 0 aliphatic heterocycles. The molecule has 8 heteroatoms. The van der Waals surface area contributed by atoms with Gasteiger partial charge in [0.05, 0.1) is 17.7 Å². The zero-order chi connectivity index (χ0) is 17.7. The maximum atomic E-state index is 12.3. The Balaban J connectivity index is 2.09. The number of amides is 1. The summed E-state index contributed by atoms with van der Waals surface area (Å²) in [5, 5.41) is 10.8. The molecule has 24 heavy (non-hydrogen) atoms. The van der Waals surface area contributed by atoms with Crippen molar-refractivity contribution in [1.82, 2.24) is 0 Å². The van der Waals surface area contributed by atoms with Gasteiger partial charge >= 0.3 is 0 Å². The molecule has 0 fully saturated rings. The smallest absolute Gasteiger partial charge is 0.246 e. The fourth-order valence-electron chi connectivity index (χ4n) is 2.06. The number of carbonyl (C=O) groups is 1. The summed E-state index contributed by atoms with van der Waals surface area (Å²) >= 11 is 0. The van der Waals surface area contributed by atoms with E-state index in [-0.39, 0.29) is 10.8 Å². The summed E-state index contributed by atoms with van der Waals surface area (Å²) in [7, 11) is -2.28. The van der Waals surface area contributed by atoms with Gasteiger partial charge in [0.2, 0.25) is 15.9 Å². The van der Waals surface area contributed by atoms with Crippen LogP contribution < -0.4 is 20.5 Å². The summed E-state index contributed by atoms with van der Waals surface area (Å²) in [6, 6.07) is 12.4. The van der Waals surface area contributed by atoms with E-state index in [9.17, 15) is 13.2 Å². The number of methoxy groups -OCH3 is 1. The minimum Gasteiger partial charge on any atom is -0.495 e. The van der Waals surface area contributed by atoms with E-state index in [2.05, 4.69) is 10.6 Å². The molecule has 0 saturated carbocycles. The van der Waals surface area contributed by atoms with E-state index < -0.39 is 16.1 Å². The average molecular weight is 349 g/mol. The highest BCUT2D eigenvalue weighted by molar-refractivity contribution is 7.89. The first-order valence-electron chi connectivity index (χ1n) is 7.14. The lowest BCUT2D eigenvalue weighted by Gasteiger charge is -2.17. The zero-order valence-corrected chi connectivity index (χ0v) is 14.1. The minimum atomic E-state index is -3.82. The second kappa shape index (κ2) is 7.33. The van der Waals surface area contributed by atoms with Gasteiger partial charge in [-0.2, -0.15) is 0 Å². The second-order valence-electron chi connectivity index (χ2n) is 5.13. The van der Waals surface area contributed by atoms with E-state index in [4.69, 9.17) is 9.88 Å². The topological polar surface area (TPSA) is 111 Å². The number of anilines is 2. The normalized spacial score (nSPS) is 12.3. The standard InChI is InChI=1S/C16H19N3O4S/c1-11(18-14-8-3-4-9-15(14)23-2)16(20)19-12-6-5-7-13(10-12)24(17,21)22/h3-11,18H,1-2H3,(H,19,20)(H2,17,21,22). The van der Waals surface area contributed by atoms with Crippen molar-refractivity contribution in [3.05, 3.63) is 48.5 Å². The van der Waals surface area contributed by atoms with Crippen LogP contribution >= 0.6 is 0 Å². The number of primary sulfonamides is 1. The summed E-state index contributed by atoms with van der Waals surface area (Å²) in [6.45, 7) is 1.69. The van der Waals surface area contributed by atoms with Crippen molar-refractivity contribution in [2.24, 2.45) is 5.14 Å². The molecule has 0 aliphatic carbocycles. The first-order chi connectivity index (χ1) is 11.3. The third kappa shape index (κ3) is 4.46. The van der Waals surface area contributed by atoms with Gasteiger partial charge in [-0.05, 0) is 37.3 Å². The Morgan fingerprint density at radius 3 is 2.54 bits per heavy atom. The van der Waals surface area contributed by atoms with Crippen molar-refractivity contribution < 1.29 is 17.9 Å². The molecule has 0 bridgehead atoms. The average Bonchev–Trinajstić information content (AvgIpc) is 2.54. The van der Waals surface area contributed by atoms with Crippen molar-refractivity contribution in [3.63, 3.8) is 0 Å². The van der Waals surface area contributed by atoms with E-state index in [0.717, 1.165) is 0 Å². The Morgan fingerprint density at radius 1 is 1.17 bits per heavy atom.